The molecule has 1 amide bonds. The van der Waals surface area contributed by atoms with Gasteiger partial charge in [-0.05, 0) is 54.0 Å². The zero-order chi connectivity index (χ0) is 14.5. The highest BCUT2D eigenvalue weighted by Gasteiger charge is 2.12. The summed E-state index contributed by atoms with van der Waals surface area (Å²) in [5.41, 5.74) is 1.32. The number of carbonyl (C=O) groups is 1. The molecule has 2 rings (SSSR count). The molecule has 0 fully saturated rings. The molecule has 0 saturated heterocycles. The van der Waals surface area contributed by atoms with Gasteiger partial charge in [0.1, 0.15) is 11.6 Å². The highest BCUT2D eigenvalue weighted by Crippen LogP contribution is 2.20. The normalized spacial score (nSPS) is 10.2. The van der Waals surface area contributed by atoms with E-state index in [2.05, 4.69) is 26.2 Å². The van der Waals surface area contributed by atoms with Gasteiger partial charge in [0.05, 0.1) is 17.9 Å². The van der Waals surface area contributed by atoms with E-state index in [4.69, 9.17) is 4.74 Å². The molecule has 0 aliphatic heterocycles. The van der Waals surface area contributed by atoms with Crippen molar-refractivity contribution in [2.75, 3.05) is 11.9 Å². The molecule has 1 aromatic carbocycles. The molecule has 0 atom stereocenters. The highest BCUT2D eigenvalue weighted by atomic mass is 79.9. The number of aromatic nitrogens is 1. The lowest BCUT2D eigenvalue weighted by Crippen LogP contribution is -2.14. The summed E-state index contributed by atoms with van der Waals surface area (Å²) in [6.07, 6.45) is 0. The van der Waals surface area contributed by atoms with Crippen molar-refractivity contribution in [3.05, 3.63) is 52.1 Å². The molecule has 0 spiro atoms. The fourth-order valence-corrected chi connectivity index (χ4v) is 1.95. The molecule has 1 aromatic heterocycles. The van der Waals surface area contributed by atoms with Crippen LogP contribution in [0.1, 0.15) is 23.0 Å². The van der Waals surface area contributed by atoms with Crippen LogP contribution in [0.25, 0.3) is 0 Å². The number of hydrogen-bond acceptors (Lipinski definition) is 3. The van der Waals surface area contributed by atoms with Crippen LogP contribution >= 0.6 is 15.9 Å². The number of para-hydroxylation sites is 1. The third kappa shape index (κ3) is 3.36. The molecular weight excluding hydrogens is 320 g/mol. The molecule has 5 heteroatoms. The van der Waals surface area contributed by atoms with Crippen LogP contribution in [0.2, 0.25) is 0 Å². The summed E-state index contributed by atoms with van der Waals surface area (Å²) in [7, 11) is 0. The number of halogens is 1. The second kappa shape index (κ2) is 6.52. The van der Waals surface area contributed by atoms with E-state index in [1.165, 1.54) is 0 Å². The minimum absolute atomic E-state index is 0.233. The summed E-state index contributed by atoms with van der Waals surface area (Å²) in [6.45, 7) is 4.27. The zero-order valence-electron chi connectivity index (χ0n) is 11.3. The molecule has 1 N–H and O–H groups in total. The van der Waals surface area contributed by atoms with Crippen LogP contribution in [-0.2, 0) is 0 Å². The number of nitrogens with one attached hydrogen (secondary N) is 1. The van der Waals surface area contributed by atoms with Gasteiger partial charge in [-0.25, -0.2) is 4.98 Å². The van der Waals surface area contributed by atoms with Crippen LogP contribution in [-0.4, -0.2) is 17.5 Å². The number of amides is 1. The van der Waals surface area contributed by atoms with E-state index < -0.39 is 0 Å². The second-order valence-corrected chi connectivity index (χ2v) is 5.00. The zero-order valence-corrected chi connectivity index (χ0v) is 12.9. The van der Waals surface area contributed by atoms with Gasteiger partial charge in [0.15, 0.2) is 0 Å². The predicted octanol–water partition coefficient (Wildman–Crippen LogP) is 3.80. The van der Waals surface area contributed by atoms with Crippen LogP contribution in [0, 0.1) is 6.92 Å². The Morgan fingerprint density at radius 1 is 1.30 bits per heavy atom. The van der Waals surface area contributed by atoms with Crippen molar-refractivity contribution in [2.45, 2.75) is 13.8 Å². The van der Waals surface area contributed by atoms with Crippen molar-refractivity contribution >= 4 is 27.7 Å². The van der Waals surface area contributed by atoms with Gasteiger partial charge in [0.2, 0.25) is 0 Å². The summed E-state index contributed by atoms with van der Waals surface area (Å²) in [5.74, 6) is 0.853. The number of carbonyl (C=O) groups excluding carboxylic acids is 1. The third-order valence-corrected chi connectivity index (χ3v) is 3.53. The first-order valence-electron chi connectivity index (χ1n) is 6.28. The molecule has 4 nitrogen and oxygen atoms in total. The minimum Gasteiger partial charge on any atom is -0.493 e. The number of pyridine rings is 1. The summed E-state index contributed by atoms with van der Waals surface area (Å²) < 4.78 is 6.36. The van der Waals surface area contributed by atoms with Crippen LogP contribution in [0.15, 0.2) is 40.9 Å². The highest BCUT2D eigenvalue weighted by molar-refractivity contribution is 9.10. The SMILES string of the molecule is CCOc1ccccc1C(=O)Nc1ccc(Br)c(C)n1. The van der Waals surface area contributed by atoms with E-state index in [9.17, 15) is 4.79 Å². The topological polar surface area (TPSA) is 51.2 Å². The molecule has 0 radical (unpaired) electrons. The smallest absolute Gasteiger partial charge is 0.260 e. The van der Waals surface area contributed by atoms with Crippen molar-refractivity contribution in [3.8, 4) is 5.75 Å². The number of anilines is 1. The first-order chi connectivity index (χ1) is 9.61. The fourth-order valence-electron chi connectivity index (χ4n) is 1.73. The van der Waals surface area contributed by atoms with Crippen LogP contribution in [0.4, 0.5) is 5.82 Å². The van der Waals surface area contributed by atoms with E-state index in [0.29, 0.717) is 23.7 Å². The fraction of sp³-hybridized carbons (Fsp3) is 0.200. The van der Waals surface area contributed by atoms with E-state index in [1.54, 1.807) is 24.3 Å². The van der Waals surface area contributed by atoms with E-state index >= 15 is 0 Å². The average Bonchev–Trinajstić information content (AvgIpc) is 2.44. The van der Waals surface area contributed by atoms with Crippen LogP contribution < -0.4 is 10.1 Å². The Balaban J connectivity index is 2.21. The van der Waals surface area contributed by atoms with E-state index in [-0.39, 0.29) is 5.91 Å². The lowest BCUT2D eigenvalue weighted by Gasteiger charge is -2.10. The first-order valence-corrected chi connectivity index (χ1v) is 7.07. The first kappa shape index (κ1) is 14.5. The Bertz CT molecular complexity index is 629. The monoisotopic (exact) mass is 334 g/mol. The van der Waals surface area contributed by atoms with E-state index in [0.717, 1.165) is 10.2 Å². The van der Waals surface area contributed by atoms with Crippen molar-refractivity contribution < 1.29 is 9.53 Å². The molecular formula is C15H15BrN2O2. The molecule has 1 heterocycles. The molecule has 0 unspecified atom stereocenters. The third-order valence-electron chi connectivity index (χ3n) is 2.69. The van der Waals surface area contributed by atoms with Gasteiger partial charge in [-0.3, -0.25) is 4.79 Å². The Morgan fingerprint density at radius 2 is 2.05 bits per heavy atom. The largest absolute Gasteiger partial charge is 0.493 e. The number of rotatable bonds is 4. The number of aryl methyl sites for hydroxylation is 1. The summed E-state index contributed by atoms with van der Waals surface area (Å²) in [4.78, 5) is 16.6. The number of ether oxygens (including phenoxy) is 1. The van der Waals surface area contributed by atoms with Crippen molar-refractivity contribution in [1.82, 2.24) is 4.98 Å². The quantitative estimate of drug-likeness (QED) is 0.925. The lowest BCUT2D eigenvalue weighted by molar-refractivity contribution is 0.102. The minimum atomic E-state index is -0.233. The molecule has 104 valence electrons. The van der Waals surface area contributed by atoms with E-state index in [1.807, 2.05) is 26.0 Å². The van der Waals surface area contributed by atoms with Gasteiger partial charge in [-0.1, -0.05) is 12.1 Å². The maximum absolute atomic E-state index is 12.3. The molecule has 20 heavy (non-hydrogen) atoms. The molecule has 0 aliphatic rings. The molecule has 2 aromatic rings. The number of hydrogen-bond donors (Lipinski definition) is 1. The molecule has 0 bridgehead atoms. The maximum Gasteiger partial charge on any atom is 0.260 e. The standard InChI is InChI=1S/C15H15BrN2O2/c1-3-20-13-7-5-4-6-11(13)15(19)18-14-9-8-12(16)10(2)17-14/h4-9H,3H2,1-2H3,(H,17,18,19). The number of nitrogens with zero attached hydrogens (tertiary/aromatic N) is 1. The van der Waals surface area contributed by atoms with Gasteiger partial charge in [0, 0.05) is 4.47 Å². The Hall–Kier alpha value is -1.88. The predicted molar refractivity (Wildman–Crippen MR) is 82.2 cm³/mol. The molecule has 0 saturated carbocycles. The van der Waals surface area contributed by atoms with Gasteiger partial charge < -0.3 is 10.1 Å². The van der Waals surface area contributed by atoms with Gasteiger partial charge in [-0.2, -0.15) is 0 Å². The summed E-state index contributed by atoms with van der Waals surface area (Å²) in [5, 5.41) is 2.77. The van der Waals surface area contributed by atoms with Crippen molar-refractivity contribution in [1.29, 1.82) is 0 Å². The van der Waals surface area contributed by atoms with Crippen molar-refractivity contribution in [3.63, 3.8) is 0 Å². The van der Waals surface area contributed by atoms with Gasteiger partial charge in [0.25, 0.3) is 5.91 Å². The van der Waals surface area contributed by atoms with Crippen LogP contribution in [0.3, 0.4) is 0 Å². The summed E-state index contributed by atoms with van der Waals surface area (Å²) >= 11 is 3.38. The average molecular weight is 335 g/mol. The second-order valence-electron chi connectivity index (χ2n) is 4.15. The van der Waals surface area contributed by atoms with Gasteiger partial charge >= 0.3 is 0 Å². The summed E-state index contributed by atoms with van der Waals surface area (Å²) in [6, 6.07) is 10.7. The molecule has 0 aliphatic carbocycles. The van der Waals surface area contributed by atoms with Gasteiger partial charge in [-0.15, -0.1) is 0 Å². The Kier molecular flexibility index (Phi) is 4.74. The number of benzene rings is 1. The van der Waals surface area contributed by atoms with Crippen molar-refractivity contribution in [2.24, 2.45) is 0 Å². The van der Waals surface area contributed by atoms with Crippen LogP contribution in [0.5, 0.6) is 5.75 Å². The Morgan fingerprint density at radius 3 is 2.75 bits per heavy atom. The maximum atomic E-state index is 12.3. The Labute approximate surface area is 126 Å². The lowest BCUT2D eigenvalue weighted by atomic mass is 10.2.